The molecule has 0 aliphatic heterocycles. The van der Waals surface area contributed by atoms with Crippen LogP contribution in [0.15, 0.2) is 89.9 Å². The summed E-state index contributed by atoms with van der Waals surface area (Å²) in [6.45, 7) is 5.44. The number of benzene rings is 2. The minimum absolute atomic E-state index is 0.158. The zero-order chi connectivity index (χ0) is 25.9. The van der Waals surface area contributed by atoms with E-state index in [2.05, 4.69) is 10.3 Å². The maximum absolute atomic E-state index is 13.5. The maximum Gasteiger partial charge on any atom is 0.267 e. The first-order chi connectivity index (χ1) is 17.9. The lowest BCUT2D eigenvalue weighted by Crippen LogP contribution is -2.31. The number of aromatic nitrogens is 4. The van der Waals surface area contributed by atoms with Gasteiger partial charge in [0.05, 0.1) is 23.0 Å². The SMILES string of the molecule is Cc1nc2c(OCC(=O)NC(C)c3ccccc3)cccn2c(=O)c1-c1cc(C)n(-c2ccccc2)n1. The molecule has 0 aliphatic carbocycles. The number of rotatable bonds is 7. The average molecular weight is 494 g/mol. The molecule has 0 bridgehead atoms. The molecule has 1 unspecified atom stereocenters. The van der Waals surface area contributed by atoms with Gasteiger partial charge in [0.25, 0.3) is 11.5 Å². The first-order valence-electron chi connectivity index (χ1n) is 12.0. The molecule has 0 fully saturated rings. The fourth-order valence-electron chi connectivity index (χ4n) is 4.33. The normalized spacial score (nSPS) is 11.9. The van der Waals surface area contributed by atoms with Gasteiger partial charge in [-0.15, -0.1) is 0 Å². The predicted molar refractivity (Wildman–Crippen MR) is 142 cm³/mol. The van der Waals surface area contributed by atoms with Crippen LogP contribution in [0.5, 0.6) is 5.75 Å². The Bertz CT molecular complexity index is 1620. The molecule has 0 saturated heterocycles. The molecule has 0 radical (unpaired) electrons. The van der Waals surface area contributed by atoms with E-state index in [1.54, 1.807) is 29.9 Å². The van der Waals surface area contributed by atoms with E-state index in [4.69, 9.17) is 9.84 Å². The van der Waals surface area contributed by atoms with Gasteiger partial charge in [0.2, 0.25) is 0 Å². The third kappa shape index (κ3) is 4.86. The van der Waals surface area contributed by atoms with Crippen molar-refractivity contribution < 1.29 is 9.53 Å². The standard InChI is InChI=1S/C29H27N5O3/c1-19-17-24(32-34(19)23-13-8-5-9-14-23)27-21(3)31-28-25(15-10-16-33(28)29(27)36)37-18-26(35)30-20(2)22-11-6-4-7-12-22/h4-17,20H,18H2,1-3H3,(H,30,35). The van der Waals surface area contributed by atoms with Gasteiger partial charge in [-0.1, -0.05) is 48.5 Å². The van der Waals surface area contributed by atoms with Crippen molar-refractivity contribution in [1.82, 2.24) is 24.5 Å². The van der Waals surface area contributed by atoms with Crippen LogP contribution in [0.3, 0.4) is 0 Å². The lowest BCUT2D eigenvalue weighted by Gasteiger charge is -2.15. The number of amides is 1. The zero-order valence-corrected chi connectivity index (χ0v) is 20.9. The summed E-state index contributed by atoms with van der Waals surface area (Å²) in [5, 5.41) is 7.62. The van der Waals surface area contributed by atoms with Gasteiger partial charge >= 0.3 is 0 Å². The molecule has 0 aliphatic rings. The number of fused-ring (bicyclic) bond motifs is 1. The number of para-hydroxylation sites is 1. The van der Waals surface area contributed by atoms with Crippen LogP contribution in [0.4, 0.5) is 0 Å². The van der Waals surface area contributed by atoms with Crippen molar-refractivity contribution in [1.29, 1.82) is 0 Å². The number of hydrogen-bond donors (Lipinski definition) is 1. The van der Waals surface area contributed by atoms with Crippen LogP contribution >= 0.6 is 0 Å². The number of nitrogens with zero attached hydrogens (tertiary/aromatic N) is 4. The fraction of sp³-hybridized carbons (Fsp3) is 0.172. The third-order valence-electron chi connectivity index (χ3n) is 6.18. The first-order valence-corrected chi connectivity index (χ1v) is 12.0. The van der Waals surface area contributed by atoms with Crippen LogP contribution in [0.1, 0.15) is 29.9 Å². The van der Waals surface area contributed by atoms with Crippen LogP contribution in [0, 0.1) is 13.8 Å². The Morgan fingerprint density at radius 3 is 2.43 bits per heavy atom. The van der Waals surface area contributed by atoms with E-state index in [-0.39, 0.29) is 24.1 Å². The minimum atomic E-state index is -0.268. The van der Waals surface area contributed by atoms with Crippen LogP contribution in [0.25, 0.3) is 22.6 Å². The van der Waals surface area contributed by atoms with Crippen molar-refractivity contribution in [2.24, 2.45) is 0 Å². The molecule has 186 valence electrons. The Morgan fingerprint density at radius 1 is 1.00 bits per heavy atom. The Morgan fingerprint density at radius 2 is 1.70 bits per heavy atom. The molecule has 3 heterocycles. The summed E-state index contributed by atoms with van der Waals surface area (Å²) in [6, 6.07) is 24.6. The highest BCUT2D eigenvalue weighted by atomic mass is 16.5. The summed E-state index contributed by atoms with van der Waals surface area (Å²) >= 11 is 0. The second-order valence-electron chi connectivity index (χ2n) is 8.85. The van der Waals surface area contributed by atoms with Gasteiger partial charge in [0.15, 0.2) is 18.0 Å². The zero-order valence-electron chi connectivity index (χ0n) is 20.9. The van der Waals surface area contributed by atoms with Crippen LogP contribution in [0.2, 0.25) is 0 Å². The molecule has 1 atom stereocenters. The molecule has 0 saturated carbocycles. The lowest BCUT2D eigenvalue weighted by molar-refractivity contribution is -0.123. The molecule has 1 amide bonds. The molecular formula is C29H27N5O3. The molecule has 37 heavy (non-hydrogen) atoms. The topological polar surface area (TPSA) is 90.5 Å². The molecule has 8 heteroatoms. The second-order valence-corrected chi connectivity index (χ2v) is 8.85. The van der Waals surface area contributed by atoms with Gasteiger partial charge in [-0.25, -0.2) is 9.67 Å². The maximum atomic E-state index is 13.5. The Labute approximate surface area is 214 Å². The van der Waals surface area contributed by atoms with Crippen LogP contribution in [-0.4, -0.2) is 31.7 Å². The minimum Gasteiger partial charge on any atom is -0.480 e. The van der Waals surface area contributed by atoms with Gasteiger partial charge in [-0.2, -0.15) is 5.10 Å². The number of carbonyl (C=O) groups excluding carboxylic acids is 1. The Kier molecular flexibility index (Phi) is 6.55. The molecule has 8 nitrogen and oxygen atoms in total. The monoisotopic (exact) mass is 493 g/mol. The van der Waals surface area contributed by atoms with Crippen molar-refractivity contribution >= 4 is 11.6 Å². The summed E-state index contributed by atoms with van der Waals surface area (Å²) in [7, 11) is 0. The van der Waals surface area contributed by atoms with Gasteiger partial charge in [-0.05, 0) is 56.7 Å². The molecule has 5 aromatic rings. The number of pyridine rings is 1. The predicted octanol–water partition coefficient (Wildman–Crippen LogP) is 4.42. The van der Waals surface area contributed by atoms with E-state index in [1.165, 1.54) is 4.40 Å². The highest BCUT2D eigenvalue weighted by Gasteiger charge is 2.19. The van der Waals surface area contributed by atoms with E-state index in [0.717, 1.165) is 16.9 Å². The van der Waals surface area contributed by atoms with Crippen molar-refractivity contribution in [2.75, 3.05) is 6.61 Å². The molecule has 5 rings (SSSR count). The summed E-state index contributed by atoms with van der Waals surface area (Å²) in [5.41, 5.74) is 4.40. The summed E-state index contributed by atoms with van der Waals surface area (Å²) < 4.78 is 9.03. The van der Waals surface area contributed by atoms with Crippen molar-refractivity contribution in [3.63, 3.8) is 0 Å². The molecule has 1 N–H and O–H groups in total. The quantitative estimate of drug-likeness (QED) is 0.363. The Balaban J connectivity index is 1.41. The number of hydrogen-bond acceptors (Lipinski definition) is 5. The number of ether oxygens (including phenoxy) is 1. The lowest BCUT2D eigenvalue weighted by atomic mass is 10.1. The van der Waals surface area contributed by atoms with Crippen molar-refractivity contribution in [2.45, 2.75) is 26.8 Å². The van der Waals surface area contributed by atoms with Crippen LogP contribution < -0.4 is 15.6 Å². The van der Waals surface area contributed by atoms with Gasteiger partial charge in [-0.3, -0.25) is 14.0 Å². The van der Waals surface area contributed by atoms with Crippen molar-refractivity contribution in [3.8, 4) is 22.7 Å². The summed E-state index contributed by atoms with van der Waals surface area (Å²) in [4.78, 5) is 30.7. The smallest absolute Gasteiger partial charge is 0.267 e. The van der Waals surface area contributed by atoms with Gasteiger partial charge in [0, 0.05) is 11.9 Å². The fourth-order valence-corrected chi connectivity index (χ4v) is 4.33. The number of aryl methyl sites for hydroxylation is 2. The van der Waals surface area contributed by atoms with E-state index in [1.807, 2.05) is 80.6 Å². The van der Waals surface area contributed by atoms with Crippen LogP contribution in [-0.2, 0) is 4.79 Å². The average Bonchev–Trinajstić information content (AvgIpc) is 3.29. The van der Waals surface area contributed by atoms with Gasteiger partial charge in [0.1, 0.15) is 5.69 Å². The van der Waals surface area contributed by atoms with E-state index < -0.39 is 0 Å². The highest BCUT2D eigenvalue weighted by Crippen LogP contribution is 2.24. The number of carbonyl (C=O) groups is 1. The van der Waals surface area contributed by atoms with E-state index in [9.17, 15) is 9.59 Å². The highest BCUT2D eigenvalue weighted by molar-refractivity contribution is 5.78. The van der Waals surface area contributed by atoms with Crippen molar-refractivity contribution in [3.05, 3.63) is 112 Å². The van der Waals surface area contributed by atoms with E-state index in [0.29, 0.717) is 28.3 Å². The summed E-state index contributed by atoms with van der Waals surface area (Å²) in [6.07, 6.45) is 1.64. The summed E-state index contributed by atoms with van der Waals surface area (Å²) in [5.74, 6) is 0.0822. The largest absolute Gasteiger partial charge is 0.480 e. The van der Waals surface area contributed by atoms with Gasteiger partial charge < -0.3 is 10.1 Å². The molecule has 3 aromatic heterocycles. The Hall–Kier alpha value is -4.72. The number of nitrogens with one attached hydrogen (secondary N) is 1. The van der Waals surface area contributed by atoms with E-state index >= 15 is 0 Å². The molecule has 0 spiro atoms. The first kappa shape index (κ1) is 24.0. The molecular weight excluding hydrogens is 466 g/mol. The second kappa shape index (κ2) is 10.1. The molecule has 2 aromatic carbocycles. The third-order valence-corrected chi connectivity index (χ3v) is 6.18.